The first-order valence-corrected chi connectivity index (χ1v) is 6.23. The third kappa shape index (κ3) is 4.01. The van der Waals surface area contributed by atoms with Crippen LogP contribution < -0.4 is 10.1 Å². The fourth-order valence-electron chi connectivity index (χ4n) is 1.71. The molecule has 0 spiro atoms. The highest BCUT2D eigenvalue weighted by Crippen LogP contribution is 2.16. The number of amides is 1. The van der Waals surface area contributed by atoms with Crippen molar-refractivity contribution < 1.29 is 19.1 Å². The molecule has 0 aliphatic rings. The summed E-state index contributed by atoms with van der Waals surface area (Å²) in [4.78, 5) is 33.5. The third-order valence-electron chi connectivity index (χ3n) is 2.65. The first kappa shape index (κ1) is 14.5. The normalized spacial score (nSPS) is 9.76. The van der Waals surface area contributed by atoms with Crippen LogP contribution in [0.25, 0.3) is 0 Å². The van der Waals surface area contributed by atoms with E-state index in [1.165, 1.54) is 13.0 Å². The maximum Gasteiger partial charge on any atom is 0.343 e. The first-order valence-electron chi connectivity index (χ1n) is 6.23. The molecule has 0 saturated carbocycles. The zero-order valence-corrected chi connectivity index (χ0v) is 11.3. The lowest BCUT2D eigenvalue weighted by Crippen LogP contribution is -2.10. The Morgan fingerprint density at radius 3 is 2.43 bits per heavy atom. The lowest BCUT2D eigenvalue weighted by atomic mass is 10.2. The average molecular weight is 283 g/mol. The maximum absolute atomic E-state index is 12.0. The molecule has 0 saturated heterocycles. The summed E-state index contributed by atoms with van der Waals surface area (Å²) in [7, 11) is 0. The SMILES string of the molecule is CC(=O)Nc1cccc(C(=O)Oc2ccc(C=O)cc2)c1. The van der Waals surface area contributed by atoms with Crippen molar-refractivity contribution in [2.45, 2.75) is 6.92 Å². The molecule has 0 fully saturated rings. The number of aldehydes is 1. The minimum atomic E-state index is -0.541. The van der Waals surface area contributed by atoms with Gasteiger partial charge < -0.3 is 10.1 Å². The van der Waals surface area contributed by atoms with Gasteiger partial charge in [-0.2, -0.15) is 0 Å². The molecule has 0 unspecified atom stereocenters. The number of ether oxygens (including phenoxy) is 1. The summed E-state index contributed by atoms with van der Waals surface area (Å²) >= 11 is 0. The Labute approximate surface area is 121 Å². The first-order chi connectivity index (χ1) is 10.1. The van der Waals surface area contributed by atoms with E-state index in [1.807, 2.05) is 0 Å². The van der Waals surface area contributed by atoms with E-state index in [1.54, 1.807) is 42.5 Å². The van der Waals surface area contributed by atoms with Crippen LogP contribution in [0, 0.1) is 0 Å². The predicted molar refractivity (Wildman–Crippen MR) is 77.5 cm³/mol. The van der Waals surface area contributed by atoms with Crippen LogP contribution in [0.1, 0.15) is 27.6 Å². The number of benzene rings is 2. The van der Waals surface area contributed by atoms with Gasteiger partial charge in [0.05, 0.1) is 5.56 Å². The standard InChI is InChI=1S/C16H13NO4/c1-11(19)17-14-4-2-3-13(9-14)16(20)21-15-7-5-12(10-18)6-8-15/h2-10H,1H3,(H,17,19). The minimum absolute atomic E-state index is 0.218. The lowest BCUT2D eigenvalue weighted by Gasteiger charge is -2.06. The van der Waals surface area contributed by atoms with Gasteiger partial charge in [-0.1, -0.05) is 6.07 Å². The van der Waals surface area contributed by atoms with E-state index in [4.69, 9.17) is 4.74 Å². The predicted octanol–water partition coefficient (Wildman–Crippen LogP) is 2.68. The van der Waals surface area contributed by atoms with E-state index in [9.17, 15) is 14.4 Å². The van der Waals surface area contributed by atoms with Crippen molar-refractivity contribution in [2.75, 3.05) is 5.32 Å². The number of carbonyl (C=O) groups excluding carboxylic acids is 3. The number of carbonyl (C=O) groups is 3. The van der Waals surface area contributed by atoms with E-state index in [2.05, 4.69) is 5.32 Å². The Hall–Kier alpha value is -2.95. The molecule has 0 aliphatic carbocycles. The van der Waals surface area contributed by atoms with Crippen LogP contribution in [0.3, 0.4) is 0 Å². The molecular weight excluding hydrogens is 270 g/mol. The number of esters is 1. The van der Waals surface area contributed by atoms with E-state index < -0.39 is 5.97 Å². The van der Waals surface area contributed by atoms with Crippen molar-refractivity contribution in [3.63, 3.8) is 0 Å². The van der Waals surface area contributed by atoms with Crippen LogP contribution in [-0.4, -0.2) is 18.2 Å². The van der Waals surface area contributed by atoms with Crippen molar-refractivity contribution in [1.29, 1.82) is 0 Å². The Kier molecular flexibility index (Phi) is 4.46. The van der Waals surface area contributed by atoms with Gasteiger partial charge in [0, 0.05) is 18.2 Å². The molecule has 0 radical (unpaired) electrons. The summed E-state index contributed by atoms with van der Waals surface area (Å²) in [5.41, 5.74) is 1.34. The highest BCUT2D eigenvalue weighted by atomic mass is 16.5. The highest BCUT2D eigenvalue weighted by Gasteiger charge is 2.09. The van der Waals surface area contributed by atoms with Crippen LogP contribution in [0.4, 0.5) is 5.69 Å². The number of rotatable bonds is 4. The van der Waals surface area contributed by atoms with Crippen LogP contribution >= 0.6 is 0 Å². The Bertz CT molecular complexity index is 677. The summed E-state index contributed by atoms with van der Waals surface area (Å²) in [6.45, 7) is 1.39. The Morgan fingerprint density at radius 2 is 1.81 bits per heavy atom. The van der Waals surface area contributed by atoms with E-state index in [0.29, 0.717) is 28.8 Å². The van der Waals surface area contributed by atoms with Gasteiger partial charge >= 0.3 is 5.97 Å². The van der Waals surface area contributed by atoms with Gasteiger partial charge in [-0.15, -0.1) is 0 Å². The average Bonchev–Trinajstić information content (AvgIpc) is 2.47. The van der Waals surface area contributed by atoms with Crippen molar-refractivity contribution in [3.05, 3.63) is 59.7 Å². The molecule has 21 heavy (non-hydrogen) atoms. The molecule has 106 valence electrons. The summed E-state index contributed by atoms with van der Waals surface area (Å²) < 4.78 is 5.19. The van der Waals surface area contributed by atoms with Crippen LogP contribution in [0.5, 0.6) is 5.75 Å². The van der Waals surface area contributed by atoms with Crippen LogP contribution in [-0.2, 0) is 4.79 Å². The second-order valence-corrected chi connectivity index (χ2v) is 4.34. The van der Waals surface area contributed by atoms with E-state index in [-0.39, 0.29) is 5.91 Å². The lowest BCUT2D eigenvalue weighted by molar-refractivity contribution is -0.114. The van der Waals surface area contributed by atoms with Gasteiger partial charge in [0.25, 0.3) is 0 Å². The number of anilines is 1. The molecule has 0 atom stereocenters. The number of hydrogen-bond donors (Lipinski definition) is 1. The van der Waals surface area contributed by atoms with Gasteiger partial charge in [-0.25, -0.2) is 4.79 Å². The number of nitrogens with one attached hydrogen (secondary N) is 1. The molecule has 0 aliphatic heterocycles. The summed E-state index contributed by atoms with van der Waals surface area (Å²) in [5.74, 6) is -0.415. The zero-order chi connectivity index (χ0) is 15.2. The quantitative estimate of drug-likeness (QED) is 0.532. The molecule has 1 N–H and O–H groups in total. The molecule has 2 aromatic carbocycles. The van der Waals surface area contributed by atoms with E-state index in [0.717, 1.165) is 0 Å². The maximum atomic E-state index is 12.0. The summed E-state index contributed by atoms with van der Waals surface area (Å²) in [6.07, 6.45) is 0.711. The highest BCUT2D eigenvalue weighted by molar-refractivity contribution is 5.94. The molecule has 5 heteroatoms. The van der Waals surface area contributed by atoms with Gasteiger partial charge in [0.15, 0.2) is 0 Å². The molecule has 1 amide bonds. The van der Waals surface area contributed by atoms with Gasteiger partial charge in [-0.05, 0) is 42.5 Å². The smallest absolute Gasteiger partial charge is 0.343 e. The molecule has 2 aromatic rings. The van der Waals surface area contributed by atoms with E-state index >= 15 is 0 Å². The summed E-state index contributed by atoms with van der Waals surface area (Å²) in [5, 5.41) is 2.59. The molecule has 2 rings (SSSR count). The largest absolute Gasteiger partial charge is 0.423 e. The van der Waals surface area contributed by atoms with Crippen LogP contribution in [0.2, 0.25) is 0 Å². The molecule has 5 nitrogen and oxygen atoms in total. The second kappa shape index (κ2) is 6.47. The summed E-state index contributed by atoms with van der Waals surface area (Å²) in [6, 6.07) is 12.6. The molecular formula is C16H13NO4. The second-order valence-electron chi connectivity index (χ2n) is 4.34. The van der Waals surface area contributed by atoms with Gasteiger partial charge in [-0.3, -0.25) is 9.59 Å². The van der Waals surface area contributed by atoms with Crippen molar-refractivity contribution >= 4 is 23.9 Å². The molecule has 0 aromatic heterocycles. The van der Waals surface area contributed by atoms with Crippen molar-refractivity contribution in [3.8, 4) is 5.75 Å². The topological polar surface area (TPSA) is 72.5 Å². The van der Waals surface area contributed by atoms with Crippen molar-refractivity contribution in [2.24, 2.45) is 0 Å². The fourth-order valence-corrected chi connectivity index (χ4v) is 1.71. The Morgan fingerprint density at radius 1 is 1.10 bits per heavy atom. The van der Waals surface area contributed by atoms with Crippen molar-refractivity contribution in [1.82, 2.24) is 0 Å². The molecule has 0 bridgehead atoms. The number of hydrogen-bond acceptors (Lipinski definition) is 4. The Balaban J connectivity index is 2.12. The zero-order valence-electron chi connectivity index (χ0n) is 11.3. The van der Waals surface area contributed by atoms with Gasteiger partial charge in [0.1, 0.15) is 12.0 Å². The fraction of sp³-hybridized carbons (Fsp3) is 0.0625. The monoisotopic (exact) mass is 283 g/mol. The van der Waals surface area contributed by atoms with Crippen LogP contribution in [0.15, 0.2) is 48.5 Å². The molecule has 0 heterocycles. The third-order valence-corrected chi connectivity index (χ3v) is 2.65. The van der Waals surface area contributed by atoms with Gasteiger partial charge in [0.2, 0.25) is 5.91 Å². The minimum Gasteiger partial charge on any atom is -0.423 e.